The van der Waals surface area contributed by atoms with Crippen molar-refractivity contribution in [1.29, 1.82) is 0 Å². The minimum atomic E-state index is -0.0707. The van der Waals surface area contributed by atoms with Crippen LogP contribution in [0.3, 0.4) is 0 Å². The number of likely N-dealkylation sites (tertiary alicyclic amines) is 1. The maximum absolute atomic E-state index is 12.7. The number of rotatable bonds is 6. The van der Waals surface area contributed by atoms with Crippen LogP contribution in [0.25, 0.3) is 0 Å². The lowest BCUT2D eigenvalue weighted by molar-refractivity contribution is -0.126. The topological polar surface area (TPSA) is 67.9 Å². The fraction of sp³-hybridized carbons (Fsp3) is 0.478. The van der Waals surface area contributed by atoms with E-state index in [-0.39, 0.29) is 23.8 Å². The van der Waals surface area contributed by atoms with E-state index in [1.54, 1.807) is 0 Å². The monoisotopic (exact) mass is 428 g/mol. The van der Waals surface area contributed by atoms with E-state index in [2.05, 4.69) is 12.2 Å². The van der Waals surface area contributed by atoms with E-state index in [0.29, 0.717) is 39.1 Å². The third kappa shape index (κ3) is 4.46. The number of amides is 2. The predicted molar refractivity (Wildman–Crippen MR) is 116 cm³/mol. The highest BCUT2D eigenvalue weighted by molar-refractivity contribution is 7.12. The zero-order chi connectivity index (χ0) is 21.1. The second-order valence-corrected chi connectivity index (χ2v) is 8.84. The highest BCUT2D eigenvalue weighted by Gasteiger charge is 2.28. The van der Waals surface area contributed by atoms with Gasteiger partial charge in [-0.15, -0.1) is 11.3 Å². The maximum atomic E-state index is 12.7. The number of hydrogen-bond donors (Lipinski definition) is 1. The average molecular weight is 429 g/mol. The molecule has 0 spiro atoms. The van der Waals surface area contributed by atoms with Gasteiger partial charge in [0.2, 0.25) is 5.91 Å². The largest absolute Gasteiger partial charge is 0.494 e. The van der Waals surface area contributed by atoms with Crippen LogP contribution in [0.4, 0.5) is 0 Å². The Kier molecular flexibility index (Phi) is 6.27. The number of carbonyl (C=O) groups is 2. The molecule has 2 aliphatic rings. The fourth-order valence-corrected chi connectivity index (χ4v) is 4.83. The lowest BCUT2D eigenvalue weighted by Crippen LogP contribution is -2.42. The molecule has 160 valence electrons. The van der Waals surface area contributed by atoms with Gasteiger partial charge in [0.15, 0.2) is 0 Å². The van der Waals surface area contributed by atoms with Crippen molar-refractivity contribution in [2.75, 3.05) is 19.7 Å². The summed E-state index contributed by atoms with van der Waals surface area (Å²) in [5.74, 6) is 1.73. The van der Waals surface area contributed by atoms with Crippen LogP contribution in [0.15, 0.2) is 29.6 Å². The van der Waals surface area contributed by atoms with E-state index in [0.717, 1.165) is 33.9 Å². The van der Waals surface area contributed by atoms with Gasteiger partial charge < -0.3 is 19.7 Å². The summed E-state index contributed by atoms with van der Waals surface area (Å²) in [6, 6.07) is 7.77. The molecule has 4 rings (SSSR count). The van der Waals surface area contributed by atoms with Crippen LogP contribution < -0.4 is 14.8 Å². The molecule has 0 saturated carbocycles. The van der Waals surface area contributed by atoms with Crippen molar-refractivity contribution < 1.29 is 19.1 Å². The average Bonchev–Trinajstić information content (AvgIpc) is 3.40. The molecule has 1 atom stereocenters. The second kappa shape index (κ2) is 9.08. The van der Waals surface area contributed by atoms with Crippen LogP contribution in [0.1, 0.15) is 47.5 Å². The minimum absolute atomic E-state index is 0.0375. The van der Waals surface area contributed by atoms with E-state index >= 15 is 0 Å². The Balaban J connectivity index is 1.33. The van der Waals surface area contributed by atoms with Crippen LogP contribution >= 0.6 is 11.3 Å². The Hall–Kier alpha value is -2.54. The summed E-state index contributed by atoms with van der Waals surface area (Å²) in [6.07, 6.45) is 2.42. The summed E-state index contributed by atoms with van der Waals surface area (Å²) >= 11 is 1.46. The number of hydrogen-bond acceptors (Lipinski definition) is 5. The molecule has 1 unspecified atom stereocenters. The Morgan fingerprint density at radius 2 is 2.10 bits per heavy atom. The number of piperidine rings is 1. The fourth-order valence-electron chi connectivity index (χ4n) is 4.14. The summed E-state index contributed by atoms with van der Waals surface area (Å²) in [4.78, 5) is 27.8. The highest BCUT2D eigenvalue weighted by Crippen LogP contribution is 2.35. The first-order chi connectivity index (χ1) is 14.5. The molecule has 0 aliphatic carbocycles. The van der Waals surface area contributed by atoms with Crippen molar-refractivity contribution in [1.82, 2.24) is 10.2 Å². The van der Waals surface area contributed by atoms with Crippen molar-refractivity contribution in [3.8, 4) is 11.5 Å². The van der Waals surface area contributed by atoms with Gasteiger partial charge in [0.1, 0.15) is 17.6 Å². The van der Waals surface area contributed by atoms with Gasteiger partial charge in [-0.3, -0.25) is 9.59 Å². The van der Waals surface area contributed by atoms with Gasteiger partial charge in [-0.2, -0.15) is 0 Å². The molecular weight excluding hydrogens is 400 g/mol. The first-order valence-corrected chi connectivity index (χ1v) is 11.5. The van der Waals surface area contributed by atoms with Crippen LogP contribution in [-0.2, 0) is 17.8 Å². The number of fused-ring (bicyclic) bond motifs is 1. The molecule has 0 bridgehead atoms. The zero-order valence-corrected chi connectivity index (χ0v) is 18.3. The quantitative estimate of drug-likeness (QED) is 0.763. The maximum Gasteiger partial charge on any atom is 0.263 e. The Morgan fingerprint density at radius 1 is 1.30 bits per heavy atom. The van der Waals surface area contributed by atoms with Gasteiger partial charge in [0, 0.05) is 43.1 Å². The smallest absolute Gasteiger partial charge is 0.263 e. The number of ether oxygens (including phenoxy) is 2. The van der Waals surface area contributed by atoms with Gasteiger partial charge in [-0.05, 0) is 50.3 Å². The van der Waals surface area contributed by atoms with Gasteiger partial charge in [0.05, 0.1) is 11.5 Å². The van der Waals surface area contributed by atoms with E-state index in [1.165, 1.54) is 11.3 Å². The zero-order valence-electron chi connectivity index (χ0n) is 17.5. The first kappa shape index (κ1) is 20.7. The number of nitrogens with zero attached hydrogens (tertiary/aromatic N) is 1. The highest BCUT2D eigenvalue weighted by atomic mass is 32.1. The molecule has 6 nitrogen and oxygen atoms in total. The first-order valence-electron chi connectivity index (χ1n) is 10.6. The molecule has 2 aliphatic heterocycles. The van der Waals surface area contributed by atoms with Crippen molar-refractivity contribution in [2.45, 2.75) is 45.8 Å². The second-order valence-electron chi connectivity index (χ2n) is 7.89. The Labute approximate surface area is 181 Å². The molecule has 2 aromatic rings. The van der Waals surface area contributed by atoms with Crippen LogP contribution in [0.5, 0.6) is 11.5 Å². The molecule has 30 heavy (non-hydrogen) atoms. The lowest BCUT2D eigenvalue weighted by atomic mass is 9.95. The lowest BCUT2D eigenvalue weighted by Gasteiger charge is -2.31. The summed E-state index contributed by atoms with van der Waals surface area (Å²) in [5.41, 5.74) is 2.09. The molecule has 7 heteroatoms. The van der Waals surface area contributed by atoms with Crippen molar-refractivity contribution >= 4 is 23.2 Å². The third-order valence-corrected chi connectivity index (χ3v) is 6.57. The number of carbonyl (C=O) groups excluding carboxylic acids is 2. The van der Waals surface area contributed by atoms with Crippen molar-refractivity contribution in [2.24, 2.45) is 5.92 Å². The number of nitrogens with one attached hydrogen (secondary N) is 1. The molecule has 0 radical (unpaired) electrons. The predicted octanol–water partition coefficient (Wildman–Crippen LogP) is 3.64. The molecule has 1 aromatic carbocycles. The van der Waals surface area contributed by atoms with Gasteiger partial charge in [-0.1, -0.05) is 6.07 Å². The Bertz CT molecular complexity index is 904. The van der Waals surface area contributed by atoms with E-state index in [9.17, 15) is 9.59 Å². The third-order valence-electron chi connectivity index (χ3n) is 5.72. The standard InChI is InChI=1S/C23H28N2O4S/c1-3-28-19-12-17-11-15(2)29-20(17)13-18(19)14-24-22(26)16-6-8-25(9-7-16)23(27)21-5-4-10-30-21/h4-5,10,12-13,15-16H,3,6-9,11,14H2,1-2H3,(H,24,26). The summed E-state index contributed by atoms with van der Waals surface area (Å²) in [7, 11) is 0. The van der Waals surface area contributed by atoms with Gasteiger partial charge in [0.25, 0.3) is 5.91 Å². The van der Waals surface area contributed by atoms with Crippen molar-refractivity contribution in [3.63, 3.8) is 0 Å². The molecule has 1 fully saturated rings. The molecular formula is C23H28N2O4S. The molecule has 1 aromatic heterocycles. The van der Waals surface area contributed by atoms with Gasteiger partial charge in [-0.25, -0.2) is 0 Å². The van der Waals surface area contributed by atoms with E-state index in [1.807, 2.05) is 41.5 Å². The van der Waals surface area contributed by atoms with Gasteiger partial charge >= 0.3 is 0 Å². The van der Waals surface area contributed by atoms with E-state index < -0.39 is 0 Å². The van der Waals surface area contributed by atoms with Crippen LogP contribution in [0.2, 0.25) is 0 Å². The number of benzene rings is 1. The van der Waals surface area contributed by atoms with Crippen molar-refractivity contribution in [3.05, 3.63) is 45.6 Å². The molecule has 1 saturated heterocycles. The minimum Gasteiger partial charge on any atom is -0.494 e. The molecule has 2 amide bonds. The number of thiophene rings is 1. The summed E-state index contributed by atoms with van der Waals surface area (Å²) in [6.45, 7) is 6.23. The SMILES string of the molecule is CCOc1cc2c(cc1CNC(=O)C1CCN(C(=O)c3cccs3)CC1)OC(C)C2. The molecule has 1 N–H and O–H groups in total. The van der Waals surface area contributed by atoms with Crippen LogP contribution in [0, 0.1) is 5.92 Å². The van der Waals surface area contributed by atoms with Crippen LogP contribution in [-0.4, -0.2) is 42.5 Å². The summed E-state index contributed by atoms with van der Waals surface area (Å²) in [5, 5.41) is 4.98. The molecule has 3 heterocycles. The Morgan fingerprint density at radius 3 is 2.80 bits per heavy atom. The van der Waals surface area contributed by atoms with E-state index in [4.69, 9.17) is 9.47 Å². The summed E-state index contributed by atoms with van der Waals surface area (Å²) < 4.78 is 11.7. The normalized spacial score (nSPS) is 18.6.